The lowest BCUT2D eigenvalue weighted by molar-refractivity contribution is -0.123. The highest BCUT2D eigenvalue weighted by molar-refractivity contribution is 5.82. The van der Waals surface area contributed by atoms with Crippen LogP contribution in [0.1, 0.15) is 31.4 Å². The second-order valence-corrected chi connectivity index (χ2v) is 4.39. The van der Waals surface area contributed by atoms with Crippen LogP contribution in [0.5, 0.6) is 0 Å². The van der Waals surface area contributed by atoms with E-state index >= 15 is 0 Å². The summed E-state index contributed by atoms with van der Waals surface area (Å²) in [4.78, 5) is 11.8. The van der Waals surface area contributed by atoms with Crippen LogP contribution in [0.4, 0.5) is 0 Å². The Labute approximate surface area is 96.0 Å². The number of amides is 1. The lowest BCUT2D eigenvalue weighted by Crippen LogP contribution is -2.31. The third kappa shape index (κ3) is 2.42. The van der Waals surface area contributed by atoms with Crippen molar-refractivity contribution >= 4 is 5.91 Å². The van der Waals surface area contributed by atoms with E-state index in [9.17, 15) is 4.79 Å². The van der Waals surface area contributed by atoms with Gasteiger partial charge in [-0.15, -0.1) is 0 Å². The second-order valence-electron chi connectivity index (χ2n) is 4.39. The third-order valence-corrected chi connectivity index (χ3v) is 3.10. The molecule has 0 spiro atoms. The maximum Gasteiger partial charge on any atom is 0.225 e. The molecular formula is C13H18N2O. The molecule has 0 heterocycles. The van der Waals surface area contributed by atoms with Gasteiger partial charge in [-0.3, -0.25) is 4.79 Å². The molecule has 1 aliphatic rings. The van der Waals surface area contributed by atoms with Gasteiger partial charge in [0.1, 0.15) is 0 Å². The van der Waals surface area contributed by atoms with Crippen LogP contribution < -0.4 is 11.1 Å². The van der Waals surface area contributed by atoms with Gasteiger partial charge in [0.15, 0.2) is 0 Å². The summed E-state index contributed by atoms with van der Waals surface area (Å²) in [6.45, 7) is 2.07. The average Bonchev–Trinajstić information content (AvgIpc) is 3.04. The molecule has 0 aromatic heterocycles. The molecular weight excluding hydrogens is 200 g/mol. The van der Waals surface area contributed by atoms with Gasteiger partial charge in [-0.2, -0.15) is 0 Å². The highest BCUT2D eigenvalue weighted by Gasteiger charge is 2.40. The molecule has 1 saturated carbocycles. The summed E-state index contributed by atoms with van der Waals surface area (Å²) in [6.07, 6.45) is 1.73. The fourth-order valence-electron chi connectivity index (χ4n) is 1.90. The first-order valence-corrected chi connectivity index (χ1v) is 5.83. The van der Waals surface area contributed by atoms with Crippen LogP contribution >= 0.6 is 0 Å². The van der Waals surface area contributed by atoms with Gasteiger partial charge in [-0.05, 0) is 18.4 Å². The van der Waals surface area contributed by atoms with Gasteiger partial charge in [0.05, 0.1) is 12.0 Å². The SMILES string of the molecule is CCC(NC(=O)C1CC1N)c1ccccc1. The van der Waals surface area contributed by atoms with E-state index in [0.717, 1.165) is 18.4 Å². The molecule has 1 aliphatic carbocycles. The molecule has 86 valence electrons. The van der Waals surface area contributed by atoms with E-state index in [1.807, 2.05) is 30.3 Å². The molecule has 1 aromatic carbocycles. The van der Waals surface area contributed by atoms with Crippen LogP contribution in [0, 0.1) is 5.92 Å². The summed E-state index contributed by atoms with van der Waals surface area (Å²) >= 11 is 0. The Balaban J connectivity index is 1.98. The van der Waals surface area contributed by atoms with E-state index in [1.165, 1.54) is 0 Å². The topological polar surface area (TPSA) is 55.1 Å². The van der Waals surface area contributed by atoms with E-state index in [4.69, 9.17) is 5.73 Å². The maximum atomic E-state index is 11.8. The van der Waals surface area contributed by atoms with Crippen molar-refractivity contribution in [1.82, 2.24) is 5.32 Å². The number of rotatable bonds is 4. The Kier molecular flexibility index (Phi) is 3.25. The van der Waals surface area contributed by atoms with Gasteiger partial charge in [-0.1, -0.05) is 37.3 Å². The van der Waals surface area contributed by atoms with Crippen molar-refractivity contribution in [2.24, 2.45) is 11.7 Å². The fraction of sp³-hybridized carbons (Fsp3) is 0.462. The number of nitrogens with two attached hydrogens (primary N) is 1. The normalized spacial score (nSPS) is 24.9. The van der Waals surface area contributed by atoms with E-state index in [-0.39, 0.29) is 23.9 Å². The second kappa shape index (κ2) is 4.66. The van der Waals surface area contributed by atoms with Gasteiger partial charge in [0, 0.05) is 6.04 Å². The molecule has 3 nitrogen and oxygen atoms in total. The van der Waals surface area contributed by atoms with Crippen LogP contribution in [0.15, 0.2) is 30.3 Å². The zero-order chi connectivity index (χ0) is 11.5. The minimum absolute atomic E-state index is 0.0396. The molecule has 1 amide bonds. The highest BCUT2D eigenvalue weighted by atomic mass is 16.2. The Morgan fingerprint density at radius 3 is 2.62 bits per heavy atom. The summed E-state index contributed by atoms with van der Waals surface area (Å²) in [5.41, 5.74) is 6.82. The quantitative estimate of drug-likeness (QED) is 0.806. The first-order valence-electron chi connectivity index (χ1n) is 5.83. The highest BCUT2D eigenvalue weighted by Crippen LogP contribution is 2.29. The molecule has 16 heavy (non-hydrogen) atoms. The van der Waals surface area contributed by atoms with Gasteiger partial charge >= 0.3 is 0 Å². The standard InChI is InChI=1S/C13H18N2O/c1-2-12(9-6-4-3-5-7-9)15-13(16)10-8-11(10)14/h3-7,10-12H,2,8,14H2,1H3,(H,15,16). The number of hydrogen-bond acceptors (Lipinski definition) is 2. The summed E-state index contributed by atoms with van der Waals surface area (Å²) < 4.78 is 0. The van der Waals surface area contributed by atoms with Crippen molar-refractivity contribution in [2.75, 3.05) is 0 Å². The molecule has 1 aromatic rings. The van der Waals surface area contributed by atoms with Crippen LogP contribution in [0.2, 0.25) is 0 Å². The minimum atomic E-state index is 0.0396. The minimum Gasteiger partial charge on any atom is -0.349 e. The smallest absolute Gasteiger partial charge is 0.225 e. The molecule has 3 unspecified atom stereocenters. The van der Waals surface area contributed by atoms with E-state index in [1.54, 1.807) is 0 Å². The predicted octanol–water partition coefficient (Wildman–Crippen LogP) is 1.60. The maximum absolute atomic E-state index is 11.8. The van der Waals surface area contributed by atoms with Gasteiger partial charge < -0.3 is 11.1 Å². The van der Waals surface area contributed by atoms with E-state index < -0.39 is 0 Å². The Morgan fingerprint density at radius 1 is 1.50 bits per heavy atom. The molecule has 1 fully saturated rings. The third-order valence-electron chi connectivity index (χ3n) is 3.10. The molecule has 3 N–H and O–H groups in total. The molecule has 0 bridgehead atoms. The zero-order valence-corrected chi connectivity index (χ0v) is 9.52. The fourth-order valence-corrected chi connectivity index (χ4v) is 1.90. The van der Waals surface area contributed by atoms with Crippen molar-refractivity contribution in [3.8, 4) is 0 Å². The van der Waals surface area contributed by atoms with E-state index in [0.29, 0.717) is 0 Å². The number of carbonyl (C=O) groups is 1. The Bertz CT molecular complexity index is 363. The van der Waals surface area contributed by atoms with Crippen molar-refractivity contribution in [2.45, 2.75) is 31.8 Å². The molecule has 3 heteroatoms. The molecule has 0 radical (unpaired) electrons. The summed E-state index contributed by atoms with van der Waals surface area (Å²) in [6, 6.07) is 10.2. The Morgan fingerprint density at radius 2 is 2.12 bits per heavy atom. The van der Waals surface area contributed by atoms with Gasteiger partial charge in [0.25, 0.3) is 0 Å². The molecule has 0 saturated heterocycles. The molecule has 2 rings (SSSR count). The molecule has 0 aliphatic heterocycles. The zero-order valence-electron chi connectivity index (χ0n) is 9.52. The van der Waals surface area contributed by atoms with Crippen LogP contribution in [-0.2, 0) is 4.79 Å². The lowest BCUT2D eigenvalue weighted by Gasteiger charge is -2.17. The predicted molar refractivity (Wildman–Crippen MR) is 63.7 cm³/mol. The molecule has 3 atom stereocenters. The van der Waals surface area contributed by atoms with Crippen molar-refractivity contribution in [1.29, 1.82) is 0 Å². The monoisotopic (exact) mass is 218 g/mol. The van der Waals surface area contributed by atoms with Gasteiger partial charge in [0.2, 0.25) is 5.91 Å². The van der Waals surface area contributed by atoms with E-state index in [2.05, 4.69) is 12.2 Å². The summed E-state index contributed by atoms with van der Waals surface area (Å²) in [7, 11) is 0. The first kappa shape index (κ1) is 11.1. The number of benzene rings is 1. The van der Waals surface area contributed by atoms with Crippen LogP contribution in [0.25, 0.3) is 0 Å². The first-order chi connectivity index (χ1) is 7.72. The van der Waals surface area contributed by atoms with Crippen molar-refractivity contribution in [3.05, 3.63) is 35.9 Å². The number of hydrogen-bond donors (Lipinski definition) is 2. The van der Waals surface area contributed by atoms with Crippen LogP contribution in [-0.4, -0.2) is 11.9 Å². The lowest BCUT2D eigenvalue weighted by atomic mass is 10.0. The number of nitrogens with one attached hydrogen (secondary N) is 1. The van der Waals surface area contributed by atoms with Crippen molar-refractivity contribution in [3.63, 3.8) is 0 Å². The summed E-state index contributed by atoms with van der Waals surface area (Å²) in [5, 5.41) is 3.06. The van der Waals surface area contributed by atoms with Crippen LogP contribution in [0.3, 0.4) is 0 Å². The largest absolute Gasteiger partial charge is 0.349 e. The average molecular weight is 218 g/mol. The Hall–Kier alpha value is -1.35. The van der Waals surface area contributed by atoms with Crippen molar-refractivity contribution < 1.29 is 4.79 Å². The summed E-state index contributed by atoms with van der Waals surface area (Å²) in [5.74, 6) is 0.140. The number of carbonyl (C=O) groups excluding carboxylic acids is 1. The van der Waals surface area contributed by atoms with Gasteiger partial charge in [-0.25, -0.2) is 0 Å².